The second-order valence-electron chi connectivity index (χ2n) is 14.3. The number of hydrogen-bond acceptors (Lipinski definition) is 2. The molecule has 0 amide bonds. The summed E-state index contributed by atoms with van der Waals surface area (Å²) < 4.78 is 4.81. The maximum absolute atomic E-state index is 5.01. The Labute approximate surface area is 325 Å². The van der Waals surface area contributed by atoms with Crippen molar-refractivity contribution in [2.45, 2.75) is 10.6 Å². The monoisotopic (exact) mass is 737 g/mol. The van der Waals surface area contributed by atoms with Gasteiger partial charge in [0.2, 0.25) is 0 Å². The van der Waals surface area contributed by atoms with E-state index in [0.717, 1.165) is 22.6 Å². The fourth-order valence-corrected chi connectivity index (χ4v) is 14.7. The average Bonchev–Trinajstić information content (AvgIpc) is 3.81. The number of para-hydroxylation sites is 4. The van der Waals surface area contributed by atoms with Gasteiger partial charge in [-0.2, -0.15) is 0 Å². The van der Waals surface area contributed by atoms with Gasteiger partial charge in [-0.1, -0.05) is 152 Å². The van der Waals surface area contributed by atoms with Crippen molar-refractivity contribution in [3.8, 4) is 22.5 Å². The molecule has 1 aliphatic rings. The molecule has 260 valence electrons. The molecule has 11 rings (SSSR count). The van der Waals surface area contributed by atoms with Crippen molar-refractivity contribution < 1.29 is 0 Å². The number of benzene rings is 8. The number of fused-ring (bicyclic) bond motifs is 8. The highest BCUT2D eigenvalue weighted by atomic mass is 32.2. The van der Waals surface area contributed by atoms with Crippen molar-refractivity contribution in [2.75, 3.05) is 0 Å². The lowest BCUT2D eigenvalue weighted by atomic mass is 10.0. The molecular weight excluding hydrogens is 703 g/mol. The minimum Gasteiger partial charge on any atom is -0.309 e. The molecule has 0 atom stereocenters. The van der Waals surface area contributed by atoms with Crippen LogP contribution in [0.4, 0.5) is 0 Å². The van der Waals surface area contributed by atoms with Crippen LogP contribution >= 0.6 is 11.8 Å². The van der Waals surface area contributed by atoms with Crippen LogP contribution in [0, 0.1) is 0 Å². The number of nitrogens with zero attached hydrogens (tertiary/aromatic N) is 3. The van der Waals surface area contributed by atoms with Crippen molar-refractivity contribution in [1.29, 1.82) is 0 Å². The van der Waals surface area contributed by atoms with Gasteiger partial charge < -0.3 is 4.57 Å². The molecule has 0 radical (unpaired) electrons. The molecule has 0 saturated carbocycles. The lowest BCUT2D eigenvalue weighted by molar-refractivity contribution is 0.946. The number of aromatic nitrogens is 3. The van der Waals surface area contributed by atoms with Crippen molar-refractivity contribution in [1.82, 2.24) is 14.1 Å². The van der Waals surface area contributed by atoms with E-state index in [2.05, 4.69) is 209 Å². The number of hydrogen-bond donors (Lipinski definition) is 0. The largest absolute Gasteiger partial charge is 0.309 e. The summed E-state index contributed by atoms with van der Waals surface area (Å²) in [5.74, 6) is 1.97. The zero-order valence-electron chi connectivity index (χ0n) is 30.0. The molecule has 55 heavy (non-hydrogen) atoms. The Morgan fingerprint density at radius 1 is 0.436 bits per heavy atom. The van der Waals surface area contributed by atoms with Gasteiger partial charge in [0.25, 0.3) is 0 Å². The summed E-state index contributed by atoms with van der Waals surface area (Å²) in [6, 6.07) is 74.3. The van der Waals surface area contributed by atoms with Crippen molar-refractivity contribution in [2.24, 2.45) is 0 Å². The molecular formula is C50H35N3SSi. The van der Waals surface area contributed by atoms with Gasteiger partial charge in [0.15, 0.2) is 8.07 Å². The van der Waals surface area contributed by atoms with E-state index in [1.54, 1.807) is 0 Å². The van der Waals surface area contributed by atoms with Gasteiger partial charge in [-0.25, -0.2) is 4.98 Å². The van der Waals surface area contributed by atoms with Crippen LogP contribution in [0.1, 0.15) is 5.82 Å². The Morgan fingerprint density at radius 3 is 1.71 bits per heavy atom. The maximum atomic E-state index is 5.01. The molecule has 8 aromatic carbocycles. The van der Waals surface area contributed by atoms with Gasteiger partial charge in [-0.3, -0.25) is 4.57 Å². The van der Waals surface area contributed by atoms with Gasteiger partial charge in [0.05, 0.1) is 33.5 Å². The van der Waals surface area contributed by atoms with Crippen LogP contribution in [0.25, 0.3) is 55.3 Å². The highest BCUT2D eigenvalue weighted by Crippen LogP contribution is 2.39. The van der Waals surface area contributed by atoms with Gasteiger partial charge in [0.1, 0.15) is 5.82 Å². The third kappa shape index (κ3) is 5.01. The van der Waals surface area contributed by atoms with E-state index < -0.39 is 8.07 Å². The third-order valence-corrected chi connectivity index (χ3v) is 17.2. The first-order chi connectivity index (χ1) is 27.3. The standard InChI is InChI=1S/C50H35N3SSi/c1-3-17-38(18-4-1)55(39-19-5-2-6-20-39,41-22-14-16-37(33-41)52-45-26-10-7-23-42(45)43-24-8-11-27-46(43)52)40-21-13-15-35(31-40)36-29-30-49-48(32-36)53-47-28-12-9-25-44(47)51-50(53)34-54-49/h1-33H,34H2. The first-order valence-electron chi connectivity index (χ1n) is 18.8. The van der Waals surface area contributed by atoms with Gasteiger partial charge in [-0.05, 0) is 80.4 Å². The molecule has 0 spiro atoms. The SMILES string of the molecule is c1ccc([Si](c2ccccc2)(c2cccc(-c3ccc4c(c3)-n3c(nc5ccccc53)CS4)c2)c2cccc(-n3c4ccccc4c4ccccc43)c2)cc1. The summed E-state index contributed by atoms with van der Waals surface area (Å²) in [7, 11) is -2.89. The summed E-state index contributed by atoms with van der Waals surface area (Å²) in [5, 5.41) is 7.94. The lowest BCUT2D eigenvalue weighted by Crippen LogP contribution is -2.74. The second-order valence-corrected chi connectivity index (χ2v) is 19.1. The molecule has 3 nitrogen and oxygen atoms in total. The first-order valence-corrected chi connectivity index (χ1v) is 21.8. The zero-order chi connectivity index (χ0) is 36.3. The van der Waals surface area contributed by atoms with Gasteiger partial charge >= 0.3 is 0 Å². The van der Waals surface area contributed by atoms with Crippen LogP contribution < -0.4 is 20.7 Å². The normalized spacial score (nSPS) is 12.6. The fraction of sp³-hybridized carbons (Fsp3) is 0.0200. The fourth-order valence-electron chi connectivity index (χ4n) is 8.96. The van der Waals surface area contributed by atoms with E-state index >= 15 is 0 Å². The minimum absolute atomic E-state index is 0.868. The Kier molecular flexibility index (Phi) is 7.51. The Balaban J connectivity index is 1.15. The predicted octanol–water partition coefficient (Wildman–Crippen LogP) is 9.77. The summed E-state index contributed by atoms with van der Waals surface area (Å²) >= 11 is 1.87. The number of thioether (sulfide) groups is 1. The molecule has 0 aliphatic carbocycles. The van der Waals surface area contributed by atoms with Crippen LogP contribution in [-0.2, 0) is 5.75 Å². The molecule has 1 aliphatic heterocycles. The summed E-state index contributed by atoms with van der Waals surface area (Å²) in [4.78, 5) is 6.29. The third-order valence-electron chi connectivity index (χ3n) is 11.3. The molecule has 2 aromatic heterocycles. The van der Waals surface area contributed by atoms with Crippen LogP contribution in [0.3, 0.4) is 0 Å². The summed E-state index contributed by atoms with van der Waals surface area (Å²) in [6.07, 6.45) is 0. The molecule has 0 fully saturated rings. The van der Waals surface area contributed by atoms with E-state index in [1.807, 2.05) is 11.8 Å². The summed E-state index contributed by atoms with van der Waals surface area (Å²) in [5.41, 5.74) is 9.43. The molecule has 0 saturated heterocycles. The molecule has 10 aromatic rings. The number of imidazole rings is 1. The smallest absolute Gasteiger partial charge is 0.179 e. The second kappa shape index (κ2) is 12.9. The van der Waals surface area contributed by atoms with Crippen molar-refractivity contribution >= 4 is 73.4 Å². The van der Waals surface area contributed by atoms with Crippen LogP contribution in [0.2, 0.25) is 0 Å². The molecule has 3 heterocycles. The molecule has 0 bridgehead atoms. The number of rotatable bonds is 6. The van der Waals surface area contributed by atoms with E-state index in [-0.39, 0.29) is 0 Å². The maximum Gasteiger partial charge on any atom is 0.179 e. The van der Waals surface area contributed by atoms with E-state index in [1.165, 1.54) is 69.9 Å². The molecule has 0 unspecified atom stereocenters. The average molecular weight is 738 g/mol. The zero-order valence-corrected chi connectivity index (χ0v) is 31.8. The van der Waals surface area contributed by atoms with Crippen LogP contribution in [-0.4, -0.2) is 22.2 Å². The highest BCUT2D eigenvalue weighted by Gasteiger charge is 2.42. The molecule has 0 N–H and O–H groups in total. The van der Waals surface area contributed by atoms with Gasteiger partial charge in [0, 0.05) is 21.4 Å². The van der Waals surface area contributed by atoms with Crippen molar-refractivity contribution in [3.63, 3.8) is 0 Å². The van der Waals surface area contributed by atoms with Crippen molar-refractivity contribution in [3.05, 3.63) is 206 Å². The van der Waals surface area contributed by atoms with Crippen LogP contribution in [0.5, 0.6) is 0 Å². The Bertz CT molecular complexity index is 2960. The van der Waals surface area contributed by atoms with E-state index in [0.29, 0.717) is 0 Å². The lowest BCUT2D eigenvalue weighted by Gasteiger charge is -2.35. The topological polar surface area (TPSA) is 22.8 Å². The first kappa shape index (κ1) is 32.1. The highest BCUT2D eigenvalue weighted by molar-refractivity contribution is 7.98. The summed E-state index contributed by atoms with van der Waals surface area (Å²) in [6.45, 7) is 0. The predicted molar refractivity (Wildman–Crippen MR) is 234 cm³/mol. The Morgan fingerprint density at radius 2 is 1.00 bits per heavy atom. The van der Waals surface area contributed by atoms with E-state index in [9.17, 15) is 0 Å². The molecule has 5 heteroatoms. The quantitative estimate of drug-likeness (QED) is 0.125. The Hall–Kier alpha value is -6.40. The minimum atomic E-state index is -2.89. The van der Waals surface area contributed by atoms with E-state index in [4.69, 9.17) is 4.98 Å². The van der Waals surface area contributed by atoms with Crippen LogP contribution in [0.15, 0.2) is 205 Å². The van der Waals surface area contributed by atoms with Gasteiger partial charge in [-0.15, -0.1) is 11.8 Å².